The minimum Gasteiger partial charge on any atom is -0.352 e. The highest BCUT2D eigenvalue weighted by Crippen LogP contribution is 2.04. The summed E-state index contributed by atoms with van der Waals surface area (Å²) in [7, 11) is -3.18. The van der Waals surface area contributed by atoms with Crippen LogP contribution in [0, 0.1) is 11.8 Å². The molecule has 0 saturated heterocycles. The van der Waals surface area contributed by atoms with Crippen LogP contribution in [0.3, 0.4) is 0 Å². The third kappa shape index (κ3) is 7.46. The van der Waals surface area contributed by atoms with Gasteiger partial charge >= 0.3 is 0 Å². The van der Waals surface area contributed by atoms with E-state index in [1.165, 1.54) is 0 Å². The van der Waals surface area contributed by atoms with Crippen molar-refractivity contribution in [1.82, 2.24) is 10.0 Å². The van der Waals surface area contributed by atoms with Crippen LogP contribution < -0.4 is 15.8 Å². The van der Waals surface area contributed by atoms with Crippen molar-refractivity contribution in [3.8, 4) is 11.8 Å². The van der Waals surface area contributed by atoms with Crippen LogP contribution in [-0.4, -0.2) is 40.2 Å². The summed E-state index contributed by atoms with van der Waals surface area (Å²) in [6, 6.07) is 6.93. The second-order valence-electron chi connectivity index (χ2n) is 4.36. The van der Waals surface area contributed by atoms with Crippen molar-refractivity contribution in [1.29, 1.82) is 0 Å². The number of amides is 1. The lowest BCUT2D eigenvalue weighted by molar-refractivity contribution is 0.0953. The zero-order valence-corrected chi connectivity index (χ0v) is 12.7. The van der Waals surface area contributed by atoms with Gasteiger partial charge in [0, 0.05) is 24.2 Å². The molecule has 1 rings (SSSR count). The van der Waals surface area contributed by atoms with E-state index in [0.29, 0.717) is 25.1 Å². The van der Waals surface area contributed by atoms with Gasteiger partial charge in [0.1, 0.15) is 0 Å². The number of nitrogens with two attached hydrogens (primary N) is 1. The van der Waals surface area contributed by atoms with E-state index in [9.17, 15) is 13.2 Å². The molecular formula is C14H19N3O3S. The largest absolute Gasteiger partial charge is 0.352 e. The van der Waals surface area contributed by atoms with Crippen LogP contribution in [0.15, 0.2) is 24.3 Å². The van der Waals surface area contributed by atoms with Crippen LogP contribution in [0.1, 0.15) is 22.3 Å². The van der Waals surface area contributed by atoms with Gasteiger partial charge in [-0.2, -0.15) is 0 Å². The zero-order valence-electron chi connectivity index (χ0n) is 11.8. The molecule has 0 radical (unpaired) electrons. The van der Waals surface area contributed by atoms with Gasteiger partial charge in [0.25, 0.3) is 5.91 Å². The Morgan fingerprint density at radius 2 is 2.10 bits per heavy atom. The van der Waals surface area contributed by atoms with Gasteiger partial charge in [-0.15, -0.1) is 0 Å². The number of hydrogen-bond donors (Lipinski definition) is 3. The highest BCUT2D eigenvalue weighted by Gasteiger charge is 2.05. The van der Waals surface area contributed by atoms with E-state index >= 15 is 0 Å². The monoisotopic (exact) mass is 309 g/mol. The van der Waals surface area contributed by atoms with Crippen LogP contribution in [0.4, 0.5) is 0 Å². The molecular weight excluding hydrogens is 290 g/mol. The second-order valence-corrected chi connectivity index (χ2v) is 6.20. The lowest BCUT2D eigenvalue weighted by Gasteiger charge is -2.06. The Kier molecular flexibility index (Phi) is 6.88. The average Bonchev–Trinajstić information content (AvgIpc) is 2.43. The fourth-order valence-electron chi connectivity index (χ4n) is 1.54. The number of rotatable bonds is 6. The summed E-state index contributed by atoms with van der Waals surface area (Å²) in [5.74, 6) is 5.37. The van der Waals surface area contributed by atoms with Crippen molar-refractivity contribution in [3.63, 3.8) is 0 Å². The smallest absolute Gasteiger partial charge is 0.251 e. The van der Waals surface area contributed by atoms with Crippen LogP contribution in [0.5, 0.6) is 0 Å². The molecule has 21 heavy (non-hydrogen) atoms. The summed E-state index contributed by atoms with van der Waals surface area (Å²) in [6.07, 6.45) is 1.62. The minimum atomic E-state index is -3.18. The average molecular weight is 309 g/mol. The van der Waals surface area contributed by atoms with Gasteiger partial charge < -0.3 is 11.1 Å². The summed E-state index contributed by atoms with van der Waals surface area (Å²) >= 11 is 0. The van der Waals surface area contributed by atoms with Crippen molar-refractivity contribution in [3.05, 3.63) is 35.4 Å². The van der Waals surface area contributed by atoms with E-state index in [-0.39, 0.29) is 12.5 Å². The molecule has 6 nitrogen and oxygen atoms in total. The molecule has 0 aliphatic heterocycles. The fraction of sp³-hybridized carbons (Fsp3) is 0.357. The van der Waals surface area contributed by atoms with Crippen LogP contribution in [0.25, 0.3) is 0 Å². The molecule has 0 aliphatic rings. The lowest BCUT2D eigenvalue weighted by atomic mass is 10.1. The van der Waals surface area contributed by atoms with E-state index in [2.05, 4.69) is 21.9 Å². The molecule has 0 aromatic heterocycles. The third-order valence-corrected chi connectivity index (χ3v) is 3.19. The third-order valence-electron chi connectivity index (χ3n) is 2.46. The zero-order chi connectivity index (χ0) is 15.7. The summed E-state index contributed by atoms with van der Waals surface area (Å²) in [5.41, 5.74) is 6.54. The predicted molar refractivity (Wildman–Crippen MR) is 82.2 cm³/mol. The number of hydrogen-bond acceptors (Lipinski definition) is 4. The van der Waals surface area contributed by atoms with Crippen molar-refractivity contribution in [2.45, 2.75) is 6.42 Å². The first-order valence-electron chi connectivity index (χ1n) is 6.44. The van der Waals surface area contributed by atoms with Gasteiger partial charge in [-0.05, 0) is 24.6 Å². The van der Waals surface area contributed by atoms with Crippen LogP contribution >= 0.6 is 0 Å². The number of carbonyl (C=O) groups is 1. The molecule has 4 N–H and O–H groups in total. The number of sulfonamides is 1. The second kappa shape index (κ2) is 8.42. The molecule has 0 spiro atoms. The topological polar surface area (TPSA) is 101 Å². The first-order valence-corrected chi connectivity index (χ1v) is 8.33. The first kappa shape index (κ1) is 17.2. The number of nitrogens with one attached hydrogen (secondary N) is 2. The molecule has 1 aromatic rings. The molecule has 1 amide bonds. The van der Waals surface area contributed by atoms with Crippen molar-refractivity contribution in [2.75, 3.05) is 25.9 Å². The quantitative estimate of drug-likeness (QED) is 0.494. The molecule has 7 heteroatoms. The molecule has 0 unspecified atom stereocenters. The van der Waals surface area contributed by atoms with E-state index in [1.807, 2.05) is 0 Å². The SMILES string of the molecule is CS(=O)(=O)NCCCNC(=O)c1cccc(C#CCN)c1. The maximum atomic E-state index is 11.9. The Bertz CT molecular complexity index is 645. The van der Waals surface area contributed by atoms with Crippen molar-refractivity contribution >= 4 is 15.9 Å². The molecule has 0 saturated carbocycles. The standard InChI is InChI=1S/C14H19N3O3S/c1-21(19,20)17-10-4-9-16-14(18)13-7-2-5-12(11-13)6-3-8-15/h2,5,7,11,17H,4,8-10,15H2,1H3,(H,16,18). The number of benzene rings is 1. The Balaban J connectivity index is 2.45. The highest BCUT2D eigenvalue weighted by molar-refractivity contribution is 7.88. The van der Waals surface area contributed by atoms with Crippen LogP contribution in [-0.2, 0) is 10.0 Å². The Hall–Kier alpha value is -1.88. The van der Waals surface area contributed by atoms with E-state index < -0.39 is 10.0 Å². The summed E-state index contributed by atoms with van der Waals surface area (Å²) < 4.78 is 24.1. The highest BCUT2D eigenvalue weighted by atomic mass is 32.2. The molecule has 114 valence electrons. The molecule has 0 aliphatic carbocycles. The Morgan fingerprint density at radius 1 is 1.33 bits per heavy atom. The maximum Gasteiger partial charge on any atom is 0.251 e. The lowest BCUT2D eigenvalue weighted by Crippen LogP contribution is -2.29. The maximum absolute atomic E-state index is 11.9. The van der Waals surface area contributed by atoms with Gasteiger partial charge in [-0.1, -0.05) is 17.9 Å². The molecule has 0 heterocycles. The molecule has 0 atom stereocenters. The van der Waals surface area contributed by atoms with Gasteiger partial charge in [0.05, 0.1) is 12.8 Å². The first-order chi connectivity index (χ1) is 9.92. The Morgan fingerprint density at radius 3 is 2.76 bits per heavy atom. The predicted octanol–water partition coefficient (Wildman–Crippen LogP) is -0.334. The van der Waals surface area contributed by atoms with E-state index in [4.69, 9.17) is 5.73 Å². The van der Waals surface area contributed by atoms with Crippen molar-refractivity contribution in [2.24, 2.45) is 5.73 Å². The summed E-state index contributed by atoms with van der Waals surface area (Å²) in [5, 5.41) is 2.72. The van der Waals surface area contributed by atoms with Gasteiger partial charge in [0.15, 0.2) is 0 Å². The van der Waals surface area contributed by atoms with E-state index in [0.717, 1.165) is 11.8 Å². The fourth-order valence-corrected chi connectivity index (χ4v) is 2.06. The summed E-state index contributed by atoms with van der Waals surface area (Å²) in [4.78, 5) is 11.9. The Labute approximate surface area is 125 Å². The normalized spacial score (nSPS) is 10.6. The molecule has 0 bridgehead atoms. The van der Waals surface area contributed by atoms with Crippen LogP contribution in [0.2, 0.25) is 0 Å². The molecule has 0 fully saturated rings. The van der Waals surface area contributed by atoms with Gasteiger partial charge in [0.2, 0.25) is 10.0 Å². The van der Waals surface area contributed by atoms with Gasteiger partial charge in [-0.25, -0.2) is 13.1 Å². The molecule has 1 aromatic carbocycles. The van der Waals surface area contributed by atoms with Gasteiger partial charge in [-0.3, -0.25) is 4.79 Å². The van der Waals surface area contributed by atoms with Crippen molar-refractivity contribution < 1.29 is 13.2 Å². The minimum absolute atomic E-state index is 0.217. The summed E-state index contributed by atoms with van der Waals surface area (Å²) in [6.45, 7) is 0.949. The number of carbonyl (C=O) groups excluding carboxylic acids is 1. The van der Waals surface area contributed by atoms with E-state index in [1.54, 1.807) is 24.3 Å².